The van der Waals surface area contributed by atoms with Crippen LogP contribution in [0.15, 0.2) is 18.9 Å². The summed E-state index contributed by atoms with van der Waals surface area (Å²) in [5.74, 6) is 0.103. The lowest BCUT2D eigenvalue weighted by Crippen LogP contribution is -2.35. The van der Waals surface area contributed by atoms with E-state index in [1.165, 1.54) is 0 Å². The van der Waals surface area contributed by atoms with Crippen LogP contribution >= 0.6 is 0 Å². The molecule has 1 aliphatic heterocycles. The fourth-order valence-electron chi connectivity index (χ4n) is 2.52. The third kappa shape index (κ3) is 3.23. The van der Waals surface area contributed by atoms with Gasteiger partial charge in [0.15, 0.2) is 0 Å². The van der Waals surface area contributed by atoms with Gasteiger partial charge in [-0.1, -0.05) is 6.08 Å². The first-order valence-corrected chi connectivity index (χ1v) is 6.74. The molecule has 19 heavy (non-hydrogen) atoms. The van der Waals surface area contributed by atoms with Crippen molar-refractivity contribution in [1.82, 2.24) is 19.6 Å². The summed E-state index contributed by atoms with van der Waals surface area (Å²) < 4.78 is 1.70. The minimum absolute atomic E-state index is 0.103. The van der Waals surface area contributed by atoms with Crippen molar-refractivity contribution in [1.29, 1.82) is 0 Å². The molecule has 0 N–H and O–H groups in total. The molecule has 0 bridgehead atoms. The van der Waals surface area contributed by atoms with Gasteiger partial charge in [-0.3, -0.25) is 14.4 Å². The van der Waals surface area contributed by atoms with Crippen molar-refractivity contribution in [2.75, 3.05) is 32.7 Å². The standard InChI is InChI=1S/C14H22N4O/c1-4-6-17-7-5-8-18(10-9-17)14(19)13-11-16(3)15-12(13)2/h4,11H,1,5-10H2,2-3H3. The predicted molar refractivity (Wildman–Crippen MR) is 75.1 cm³/mol. The van der Waals surface area contributed by atoms with E-state index in [9.17, 15) is 4.79 Å². The Morgan fingerprint density at radius 3 is 2.84 bits per heavy atom. The maximum atomic E-state index is 12.5. The Morgan fingerprint density at radius 2 is 2.21 bits per heavy atom. The Labute approximate surface area is 114 Å². The number of hydrogen-bond donors (Lipinski definition) is 0. The topological polar surface area (TPSA) is 41.4 Å². The Morgan fingerprint density at radius 1 is 1.42 bits per heavy atom. The maximum Gasteiger partial charge on any atom is 0.257 e. The largest absolute Gasteiger partial charge is 0.337 e. The van der Waals surface area contributed by atoms with E-state index in [-0.39, 0.29) is 5.91 Å². The van der Waals surface area contributed by atoms with Gasteiger partial charge in [-0.2, -0.15) is 5.10 Å². The highest BCUT2D eigenvalue weighted by molar-refractivity contribution is 5.95. The second kappa shape index (κ2) is 6.02. The molecule has 1 aliphatic rings. The molecule has 1 aromatic rings. The van der Waals surface area contributed by atoms with Crippen molar-refractivity contribution < 1.29 is 4.79 Å². The molecule has 1 saturated heterocycles. The smallest absolute Gasteiger partial charge is 0.257 e. The predicted octanol–water partition coefficient (Wildman–Crippen LogP) is 1.06. The van der Waals surface area contributed by atoms with Crippen LogP contribution in [0.3, 0.4) is 0 Å². The summed E-state index contributed by atoms with van der Waals surface area (Å²) in [5, 5.41) is 4.24. The molecule has 0 radical (unpaired) electrons. The second-order valence-electron chi connectivity index (χ2n) is 5.04. The van der Waals surface area contributed by atoms with E-state index in [0.717, 1.165) is 50.4 Å². The Balaban J connectivity index is 2.04. The van der Waals surface area contributed by atoms with Crippen molar-refractivity contribution in [3.05, 3.63) is 30.1 Å². The number of nitrogens with zero attached hydrogens (tertiary/aromatic N) is 4. The molecule has 1 aromatic heterocycles. The molecule has 0 saturated carbocycles. The van der Waals surface area contributed by atoms with Crippen LogP contribution in [0, 0.1) is 6.92 Å². The molecule has 2 rings (SSSR count). The Hall–Kier alpha value is -1.62. The van der Waals surface area contributed by atoms with E-state index >= 15 is 0 Å². The van der Waals surface area contributed by atoms with Gasteiger partial charge in [-0.05, 0) is 13.3 Å². The molecular weight excluding hydrogens is 240 g/mol. The van der Waals surface area contributed by atoms with Crippen LogP contribution in [-0.4, -0.2) is 58.2 Å². The van der Waals surface area contributed by atoms with E-state index < -0.39 is 0 Å². The number of aryl methyl sites for hydroxylation is 2. The minimum atomic E-state index is 0.103. The van der Waals surface area contributed by atoms with Gasteiger partial charge in [-0.25, -0.2) is 0 Å². The van der Waals surface area contributed by atoms with Crippen LogP contribution in [0.25, 0.3) is 0 Å². The van der Waals surface area contributed by atoms with E-state index in [0.29, 0.717) is 0 Å². The summed E-state index contributed by atoms with van der Waals surface area (Å²) in [7, 11) is 1.85. The van der Waals surface area contributed by atoms with E-state index in [1.807, 2.05) is 31.1 Å². The SMILES string of the molecule is C=CCN1CCCN(C(=O)c2cn(C)nc2C)CC1. The number of amides is 1. The first-order valence-electron chi connectivity index (χ1n) is 6.74. The highest BCUT2D eigenvalue weighted by Gasteiger charge is 2.22. The van der Waals surface area contributed by atoms with Crippen LogP contribution in [0.1, 0.15) is 22.5 Å². The zero-order valence-electron chi connectivity index (χ0n) is 11.8. The van der Waals surface area contributed by atoms with Crippen LogP contribution in [0.2, 0.25) is 0 Å². The van der Waals surface area contributed by atoms with Gasteiger partial charge in [0.2, 0.25) is 0 Å². The molecule has 1 fully saturated rings. The third-order valence-corrected chi connectivity index (χ3v) is 3.51. The van der Waals surface area contributed by atoms with Gasteiger partial charge in [0.1, 0.15) is 0 Å². The number of aromatic nitrogens is 2. The molecule has 0 aliphatic carbocycles. The van der Waals surface area contributed by atoms with Gasteiger partial charge < -0.3 is 4.90 Å². The molecular formula is C14H22N4O. The molecule has 0 spiro atoms. The zero-order chi connectivity index (χ0) is 13.8. The number of rotatable bonds is 3. The molecule has 1 amide bonds. The lowest BCUT2D eigenvalue weighted by Gasteiger charge is -2.21. The van der Waals surface area contributed by atoms with E-state index in [4.69, 9.17) is 0 Å². The summed E-state index contributed by atoms with van der Waals surface area (Å²) in [6.45, 7) is 10.1. The lowest BCUT2D eigenvalue weighted by molar-refractivity contribution is 0.0761. The molecule has 0 aromatic carbocycles. The van der Waals surface area contributed by atoms with Crippen molar-refractivity contribution in [2.24, 2.45) is 7.05 Å². The van der Waals surface area contributed by atoms with Crippen LogP contribution in [0.4, 0.5) is 0 Å². The molecule has 2 heterocycles. The number of carbonyl (C=O) groups excluding carboxylic acids is 1. The van der Waals surface area contributed by atoms with Gasteiger partial charge in [0.25, 0.3) is 5.91 Å². The van der Waals surface area contributed by atoms with Crippen molar-refractivity contribution in [3.8, 4) is 0 Å². The fraction of sp³-hybridized carbons (Fsp3) is 0.571. The molecule has 0 unspecified atom stereocenters. The van der Waals surface area contributed by atoms with Crippen molar-refractivity contribution in [3.63, 3.8) is 0 Å². The van der Waals surface area contributed by atoms with Crippen LogP contribution in [-0.2, 0) is 7.05 Å². The summed E-state index contributed by atoms with van der Waals surface area (Å²) >= 11 is 0. The fourth-order valence-corrected chi connectivity index (χ4v) is 2.52. The normalized spacial score (nSPS) is 17.3. The lowest BCUT2D eigenvalue weighted by atomic mass is 10.2. The minimum Gasteiger partial charge on any atom is -0.337 e. The first-order chi connectivity index (χ1) is 9.11. The van der Waals surface area contributed by atoms with Crippen molar-refractivity contribution >= 4 is 5.91 Å². The first kappa shape index (κ1) is 13.8. The highest BCUT2D eigenvalue weighted by atomic mass is 16.2. The Bertz CT molecular complexity index is 466. The average Bonchev–Trinajstić information content (AvgIpc) is 2.59. The van der Waals surface area contributed by atoms with Crippen LogP contribution in [0.5, 0.6) is 0 Å². The van der Waals surface area contributed by atoms with E-state index in [1.54, 1.807) is 4.68 Å². The quantitative estimate of drug-likeness (QED) is 0.765. The molecule has 104 valence electrons. The van der Waals surface area contributed by atoms with Gasteiger partial charge in [0, 0.05) is 46.0 Å². The van der Waals surface area contributed by atoms with Gasteiger partial charge in [0.05, 0.1) is 11.3 Å². The summed E-state index contributed by atoms with van der Waals surface area (Å²) in [4.78, 5) is 16.8. The van der Waals surface area contributed by atoms with Crippen molar-refractivity contribution in [2.45, 2.75) is 13.3 Å². The molecule has 5 heteroatoms. The number of hydrogen-bond acceptors (Lipinski definition) is 3. The zero-order valence-corrected chi connectivity index (χ0v) is 11.8. The molecule has 0 atom stereocenters. The summed E-state index contributed by atoms with van der Waals surface area (Å²) in [6.07, 6.45) is 4.74. The Kier molecular flexibility index (Phi) is 4.37. The highest BCUT2D eigenvalue weighted by Crippen LogP contribution is 2.11. The van der Waals surface area contributed by atoms with E-state index in [2.05, 4.69) is 16.6 Å². The monoisotopic (exact) mass is 262 g/mol. The average molecular weight is 262 g/mol. The summed E-state index contributed by atoms with van der Waals surface area (Å²) in [6, 6.07) is 0. The molecule has 5 nitrogen and oxygen atoms in total. The van der Waals surface area contributed by atoms with Gasteiger partial charge >= 0.3 is 0 Å². The van der Waals surface area contributed by atoms with Crippen LogP contribution < -0.4 is 0 Å². The summed E-state index contributed by atoms with van der Waals surface area (Å²) in [5.41, 5.74) is 1.53. The number of carbonyl (C=O) groups is 1. The van der Waals surface area contributed by atoms with Gasteiger partial charge in [-0.15, -0.1) is 6.58 Å². The maximum absolute atomic E-state index is 12.5. The third-order valence-electron chi connectivity index (χ3n) is 3.51. The second-order valence-corrected chi connectivity index (χ2v) is 5.04.